The third-order valence-corrected chi connectivity index (χ3v) is 3.26. The van der Waals surface area contributed by atoms with Crippen molar-refractivity contribution in [1.82, 2.24) is 4.98 Å². The van der Waals surface area contributed by atoms with Crippen molar-refractivity contribution in [2.24, 2.45) is 0 Å². The van der Waals surface area contributed by atoms with Crippen LogP contribution in [0.4, 0.5) is 0 Å². The van der Waals surface area contributed by atoms with E-state index < -0.39 is 0 Å². The Hall–Kier alpha value is -2.36. The molecule has 0 radical (unpaired) electrons. The summed E-state index contributed by atoms with van der Waals surface area (Å²) < 4.78 is 10.5. The van der Waals surface area contributed by atoms with Crippen LogP contribution < -0.4 is 9.47 Å². The van der Waals surface area contributed by atoms with Crippen LogP contribution in [0.15, 0.2) is 36.4 Å². The van der Waals surface area contributed by atoms with Gasteiger partial charge in [0.2, 0.25) is 6.79 Å². The van der Waals surface area contributed by atoms with Gasteiger partial charge < -0.3 is 9.47 Å². The second-order valence-electron chi connectivity index (χ2n) is 4.64. The lowest BCUT2D eigenvalue weighted by Crippen LogP contribution is -2.06. The van der Waals surface area contributed by atoms with Crippen molar-refractivity contribution in [3.63, 3.8) is 0 Å². The lowest BCUT2D eigenvalue weighted by atomic mass is 10.1. The van der Waals surface area contributed by atoms with E-state index in [4.69, 9.17) is 9.47 Å². The highest BCUT2D eigenvalue weighted by Gasteiger charge is 2.16. The minimum atomic E-state index is 0.0315. The van der Waals surface area contributed by atoms with Crippen LogP contribution in [0.3, 0.4) is 0 Å². The van der Waals surface area contributed by atoms with Gasteiger partial charge in [0.1, 0.15) is 0 Å². The molecule has 1 aliphatic rings. The van der Waals surface area contributed by atoms with Gasteiger partial charge in [-0.1, -0.05) is 13.0 Å². The van der Waals surface area contributed by atoms with Crippen LogP contribution in [0.25, 0.3) is 0 Å². The van der Waals surface area contributed by atoms with Crippen LogP contribution in [0, 0.1) is 0 Å². The van der Waals surface area contributed by atoms with Crippen molar-refractivity contribution in [3.8, 4) is 11.5 Å². The third kappa shape index (κ3) is 2.50. The average molecular weight is 269 g/mol. The van der Waals surface area contributed by atoms with Gasteiger partial charge in [-0.25, -0.2) is 0 Å². The van der Waals surface area contributed by atoms with Crippen molar-refractivity contribution >= 4 is 5.78 Å². The van der Waals surface area contributed by atoms with Crippen molar-refractivity contribution in [3.05, 3.63) is 53.3 Å². The molecule has 0 amide bonds. The molecular weight excluding hydrogens is 254 g/mol. The first kappa shape index (κ1) is 12.7. The molecule has 0 fully saturated rings. The van der Waals surface area contributed by atoms with Gasteiger partial charge in [0.25, 0.3) is 0 Å². The number of rotatable bonds is 4. The van der Waals surface area contributed by atoms with E-state index in [0.717, 1.165) is 17.8 Å². The molecule has 20 heavy (non-hydrogen) atoms. The molecule has 0 aliphatic carbocycles. The maximum Gasteiger partial charge on any atom is 0.231 e. The van der Waals surface area contributed by atoms with E-state index in [1.54, 1.807) is 18.2 Å². The number of pyridine rings is 1. The molecule has 0 saturated heterocycles. The Bertz CT molecular complexity index is 652. The van der Waals surface area contributed by atoms with E-state index in [1.807, 2.05) is 25.1 Å². The number of ketones is 1. The maximum absolute atomic E-state index is 12.3. The Labute approximate surface area is 117 Å². The molecule has 1 aromatic carbocycles. The number of hydrogen-bond donors (Lipinski definition) is 0. The third-order valence-electron chi connectivity index (χ3n) is 3.26. The molecule has 2 heterocycles. The largest absolute Gasteiger partial charge is 0.454 e. The summed E-state index contributed by atoms with van der Waals surface area (Å²) in [5.41, 5.74) is 2.42. The molecule has 1 aromatic heterocycles. The minimum absolute atomic E-state index is 0.0315. The quantitative estimate of drug-likeness (QED) is 0.801. The molecule has 4 nitrogen and oxygen atoms in total. The first-order valence-corrected chi connectivity index (χ1v) is 6.64. The van der Waals surface area contributed by atoms with Gasteiger partial charge in [-0.3, -0.25) is 9.78 Å². The monoisotopic (exact) mass is 269 g/mol. The van der Waals surface area contributed by atoms with Gasteiger partial charge >= 0.3 is 0 Å². The highest BCUT2D eigenvalue weighted by atomic mass is 16.7. The normalized spacial score (nSPS) is 12.4. The SMILES string of the molecule is CCc1cccc(CC(=O)c2ccc3c(c2)OCO3)n1. The van der Waals surface area contributed by atoms with Gasteiger partial charge in [0.15, 0.2) is 17.3 Å². The van der Waals surface area contributed by atoms with Gasteiger partial charge in [0.05, 0.1) is 6.42 Å². The lowest BCUT2D eigenvalue weighted by Gasteiger charge is -2.04. The summed E-state index contributed by atoms with van der Waals surface area (Å²) in [6.07, 6.45) is 1.17. The Morgan fingerprint density at radius 2 is 1.95 bits per heavy atom. The van der Waals surface area contributed by atoms with Crippen LogP contribution in [0.5, 0.6) is 11.5 Å². The summed E-state index contributed by atoms with van der Waals surface area (Å²) in [6, 6.07) is 11.0. The number of ether oxygens (including phenoxy) is 2. The number of nitrogens with zero attached hydrogens (tertiary/aromatic N) is 1. The zero-order chi connectivity index (χ0) is 13.9. The number of benzene rings is 1. The van der Waals surface area contributed by atoms with E-state index in [2.05, 4.69) is 4.98 Å². The number of aromatic nitrogens is 1. The van der Waals surface area contributed by atoms with Gasteiger partial charge in [-0.15, -0.1) is 0 Å². The molecule has 0 bridgehead atoms. The molecule has 4 heteroatoms. The molecular formula is C16H15NO3. The number of carbonyl (C=O) groups is 1. The molecule has 0 spiro atoms. The minimum Gasteiger partial charge on any atom is -0.454 e. The molecule has 102 valence electrons. The highest BCUT2D eigenvalue weighted by Crippen LogP contribution is 2.32. The average Bonchev–Trinajstić information content (AvgIpc) is 2.94. The van der Waals surface area contributed by atoms with Crippen LogP contribution >= 0.6 is 0 Å². The molecule has 1 aliphatic heterocycles. The van der Waals surface area contributed by atoms with Crippen LogP contribution in [0.2, 0.25) is 0 Å². The summed E-state index contributed by atoms with van der Waals surface area (Å²) in [5.74, 6) is 1.35. The lowest BCUT2D eigenvalue weighted by molar-refractivity contribution is 0.0991. The maximum atomic E-state index is 12.3. The smallest absolute Gasteiger partial charge is 0.231 e. The fraction of sp³-hybridized carbons (Fsp3) is 0.250. The molecule has 2 aromatic rings. The molecule has 0 N–H and O–H groups in total. The summed E-state index contributed by atoms with van der Waals surface area (Å²) in [4.78, 5) is 16.7. The summed E-state index contributed by atoms with van der Waals surface area (Å²) >= 11 is 0. The molecule has 0 unspecified atom stereocenters. The number of fused-ring (bicyclic) bond motifs is 1. The number of carbonyl (C=O) groups excluding carboxylic acids is 1. The van der Waals surface area contributed by atoms with Crippen molar-refractivity contribution < 1.29 is 14.3 Å². The zero-order valence-corrected chi connectivity index (χ0v) is 11.3. The first-order chi connectivity index (χ1) is 9.76. The van der Waals surface area contributed by atoms with Crippen LogP contribution in [0.1, 0.15) is 28.7 Å². The summed E-state index contributed by atoms with van der Waals surface area (Å²) in [5, 5.41) is 0. The van der Waals surface area contributed by atoms with Crippen molar-refractivity contribution in [2.75, 3.05) is 6.79 Å². The molecule has 0 saturated carbocycles. The highest BCUT2D eigenvalue weighted by molar-refractivity contribution is 5.97. The van der Waals surface area contributed by atoms with E-state index in [-0.39, 0.29) is 12.6 Å². The Morgan fingerprint density at radius 1 is 1.15 bits per heavy atom. The van der Waals surface area contributed by atoms with Gasteiger partial charge in [0, 0.05) is 17.0 Å². The molecule has 3 rings (SSSR count). The standard InChI is InChI=1S/C16H15NO3/c1-2-12-4-3-5-13(17-12)9-14(18)11-6-7-15-16(8-11)20-10-19-15/h3-8H,2,9-10H2,1H3. The Kier molecular flexibility index (Phi) is 3.37. The predicted octanol–water partition coefficient (Wildman–Crippen LogP) is 2.80. The Morgan fingerprint density at radius 3 is 2.80 bits per heavy atom. The summed E-state index contributed by atoms with van der Waals surface area (Å²) in [6.45, 7) is 2.26. The first-order valence-electron chi connectivity index (χ1n) is 6.64. The van der Waals surface area contributed by atoms with Gasteiger partial charge in [-0.2, -0.15) is 0 Å². The van der Waals surface area contributed by atoms with Crippen LogP contribution in [-0.2, 0) is 12.8 Å². The van der Waals surface area contributed by atoms with E-state index in [1.165, 1.54) is 0 Å². The summed E-state index contributed by atoms with van der Waals surface area (Å²) in [7, 11) is 0. The topological polar surface area (TPSA) is 48.4 Å². The number of Topliss-reactive ketones (excluding diaryl/α,β-unsaturated/α-hetero) is 1. The Balaban J connectivity index is 1.79. The van der Waals surface area contributed by atoms with E-state index in [9.17, 15) is 4.79 Å². The second kappa shape index (κ2) is 5.33. The van der Waals surface area contributed by atoms with Crippen LogP contribution in [-0.4, -0.2) is 17.6 Å². The number of aryl methyl sites for hydroxylation is 1. The van der Waals surface area contributed by atoms with E-state index in [0.29, 0.717) is 23.5 Å². The van der Waals surface area contributed by atoms with Crippen molar-refractivity contribution in [2.45, 2.75) is 19.8 Å². The fourth-order valence-electron chi connectivity index (χ4n) is 2.16. The fourth-order valence-corrected chi connectivity index (χ4v) is 2.16. The zero-order valence-electron chi connectivity index (χ0n) is 11.3. The second-order valence-corrected chi connectivity index (χ2v) is 4.64. The van der Waals surface area contributed by atoms with Crippen molar-refractivity contribution in [1.29, 1.82) is 0 Å². The van der Waals surface area contributed by atoms with Gasteiger partial charge in [-0.05, 0) is 36.8 Å². The number of hydrogen-bond acceptors (Lipinski definition) is 4. The van der Waals surface area contributed by atoms with E-state index >= 15 is 0 Å². The molecule has 0 atom stereocenters. The predicted molar refractivity (Wildman–Crippen MR) is 74.2 cm³/mol.